The number of aliphatic hydroxyl groups excluding tert-OH is 1. The molecule has 0 aliphatic heterocycles. The first-order chi connectivity index (χ1) is 7.69. The Bertz CT molecular complexity index is 341. The van der Waals surface area contributed by atoms with Gasteiger partial charge in [0.2, 0.25) is 0 Å². The number of hydrogen-bond donors (Lipinski definition) is 2. The largest absolute Gasteiger partial charge is 0.491 e. The molecule has 88 valence electrons. The molecule has 1 aromatic carbocycles. The fourth-order valence-corrected chi connectivity index (χ4v) is 2.19. The van der Waals surface area contributed by atoms with E-state index in [0.29, 0.717) is 6.61 Å². The molecule has 0 radical (unpaired) electrons. The maximum absolute atomic E-state index is 8.65. The zero-order valence-electron chi connectivity index (χ0n) is 9.65. The molecule has 3 heteroatoms. The highest BCUT2D eigenvalue weighted by Crippen LogP contribution is 2.50. The van der Waals surface area contributed by atoms with Crippen LogP contribution in [-0.4, -0.2) is 24.4 Å². The summed E-state index contributed by atoms with van der Waals surface area (Å²) >= 11 is 0. The minimum Gasteiger partial charge on any atom is -0.491 e. The summed E-state index contributed by atoms with van der Waals surface area (Å²) in [6.07, 6.45) is 2.36. The van der Waals surface area contributed by atoms with Crippen molar-refractivity contribution in [1.82, 2.24) is 0 Å². The first-order valence-electron chi connectivity index (χ1n) is 5.79. The maximum atomic E-state index is 8.65. The van der Waals surface area contributed by atoms with Crippen molar-refractivity contribution in [3.05, 3.63) is 29.8 Å². The second-order valence-electron chi connectivity index (χ2n) is 4.54. The van der Waals surface area contributed by atoms with Gasteiger partial charge in [-0.1, -0.05) is 12.1 Å². The van der Waals surface area contributed by atoms with Crippen molar-refractivity contribution in [3.63, 3.8) is 0 Å². The van der Waals surface area contributed by atoms with Gasteiger partial charge in [-0.3, -0.25) is 0 Å². The zero-order chi connectivity index (χ0) is 11.6. The van der Waals surface area contributed by atoms with Crippen molar-refractivity contribution in [2.24, 2.45) is 5.73 Å². The number of benzene rings is 1. The van der Waals surface area contributed by atoms with Crippen molar-refractivity contribution in [2.45, 2.75) is 31.2 Å². The van der Waals surface area contributed by atoms with Gasteiger partial charge in [0.05, 0.1) is 6.61 Å². The van der Waals surface area contributed by atoms with Crippen LogP contribution in [0.5, 0.6) is 5.75 Å². The monoisotopic (exact) mass is 221 g/mol. The molecule has 1 saturated carbocycles. The third kappa shape index (κ3) is 2.06. The van der Waals surface area contributed by atoms with Crippen LogP contribution in [0.3, 0.4) is 0 Å². The van der Waals surface area contributed by atoms with Gasteiger partial charge < -0.3 is 15.6 Å². The van der Waals surface area contributed by atoms with E-state index in [1.807, 2.05) is 12.1 Å². The van der Waals surface area contributed by atoms with Crippen molar-refractivity contribution < 1.29 is 9.84 Å². The molecule has 1 fully saturated rings. The molecule has 0 saturated heterocycles. The van der Waals surface area contributed by atoms with Crippen LogP contribution in [0.15, 0.2) is 24.3 Å². The highest BCUT2D eigenvalue weighted by Gasteiger charge is 2.47. The average Bonchev–Trinajstić information content (AvgIpc) is 3.08. The molecule has 1 aliphatic rings. The van der Waals surface area contributed by atoms with Crippen LogP contribution in [0.25, 0.3) is 0 Å². The van der Waals surface area contributed by atoms with Gasteiger partial charge in [0.25, 0.3) is 0 Å². The Balaban J connectivity index is 2.08. The van der Waals surface area contributed by atoms with E-state index in [1.54, 1.807) is 0 Å². The summed E-state index contributed by atoms with van der Waals surface area (Å²) in [6.45, 7) is 2.46. The lowest BCUT2D eigenvalue weighted by Crippen LogP contribution is -2.31. The quantitative estimate of drug-likeness (QED) is 0.791. The zero-order valence-corrected chi connectivity index (χ0v) is 9.65. The molecule has 1 unspecified atom stereocenters. The van der Waals surface area contributed by atoms with Crippen LogP contribution >= 0.6 is 0 Å². The predicted molar refractivity (Wildman–Crippen MR) is 63.6 cm³/mol. The predicted octanol–water partition coefficient (Wildman–Crippen LogP) is 1.44. The van der Waals surface area contributed by atoms with E-state index in [2.05, 4.69) is 19.1 Å². The second kappa shape index (κ2) is 4.44. The van der Waals surface area contributed by atoms with E-state index in [1.165, 1.54) is 18.4 Å². The molecule has 0 heterocycles. The fraction of sp³-hybridized carbons (Fsp3) is 0.538. The Morgan fingerprint density at radius 2 is 2.00 bits per heavy atom. The van der Waals surface area contributed by atoms with E-state index in [4.69, 9.17) is 15.6 Å². The number of hydrogen-bond acceptors (Lipinski definition) is 3. The summed E-state index contributed by atoms with van der Waals surface area (Å²) < 4.78 is 5.32. The van der Waals surface area contributed by atoms with Gasteiger partial charge in [0.15, 0.2) is 0 Å². The summed E-state index contributed by atoms with van der Waals surface area (Å²) in [6, 6.07) is 8.28. The van der Waals surface area contributed by atoms with Crippen LogP contribution in [-0.2, 0) is 5.41 Å². The smallest absolute Gasteiger partial charge is 0.119 e. The van der Waals surface area contributed by atoms with Crippen LogP contribution in [0.2, 0.25) is 0 Å². The number of nitrogens with two attached hydrogens (primary N) is 1. The fourth-order valence-electron chi connectivity index (χ4n) is 2.19. The lowest BCUT2D eigenvalue weighted by Gasteiger charge is -2.20. The van der Waals surface area contributed by atoms with Gasteiger partial charge in [-0.25, -0.2) is 0 Å². The molecule has 3 N–H and O–H groups in total. The molecule has 1 aliphatic carbocycles. The third-order valence-corrected chi connectivity index (χ3v) is 3.45. The van der Waals surface area contributed by atoms with Gasteiger partial charge in [-0.15, -0.1) is 0 Å². The molecule has 0 bridgehead atoms. The van der Waals surface area contributed by atoms with E-state index in [0.717, 1.165) is 5.75 Å². The minimum atomic E-state index is 0.0471. The van der Waals surface area contributed by atoms with E-state index in [9.17, 15) is 0 Å². The Morgan fingerprint density at radius 1 is 1.38 bits per heavy atom. The van der Waals surface area contributed by atoms with Gasteiger partial charge in [0, 0.05) is 11.5 Å². The molecular formula is C13H19NO2. The average molecular weight is 221 g/mol. The highest BCUT2D eigenvalue weighted by molar-refractivity contribution is 5.37. The summed E-state index contributed by atoms with van der Waals surface area (Å²) in [5, 5.41) is 8.65. The number of aliphatic hydroxyl groups is 1. The molecule has 1 atom stereocenters. The van der Waals surface area contributed by atoms with Gasteiger partial charge in [0.1, 0.15) is 12.4 Å². The van der Waals surface area contributed by atoms with Crippen molar-refractivity contribution >= 4 is 0 Å². The van der Waals surface area contributed by atoms with E-state index >= 15 is 0 Å². The van der Waals surface area contributed by atoms with Crippen LogP contribution in [0, 0.1) is 0 Å². The standard InChI is InChI=1S/C13H19NO2/c1-10(14)13(6-7-13)11-2-4-12(5-3-11)16-9-8-15/h2-5,10,15H,6-9,14H2,1H3. The third-order valence-electron chi connectivity index (χ3n) is 3.45. The second-order valence-corrected chi connectivity index (χ2v) is 4.54. The Hall–Kier alpha value is -1.06. The van der Waals surface area contributed by atoms with Gasteiger partial charge in [-0.05, 0) is 37.5 Å². The Morgan fingerprint density at radius 3 is 2.44 bits per heavy atom. The van der Waals surface area contributed by atoms with Crippen molar-refractivity contribution in [1.29, 1.82) is 0 Å². The molecule has 0 spiro atoms. The van der Waals surface area contributed by atoms with Crippen molar-refractivity contribution in [3.8, 4) is 5.75 Å². The molecule has 0 amide bonds. The lowest BCUT2D eigenvalue weighted by molar-refractivity contribution is 0.201. The van der Waals surface area contributed by atoms with Crippen LogP contribution in [0.1, 0.15) is 25.3 Å². The normalized spacial score (nSPS) is 19.2. The first kappa shape index (κ1) is 11.4. The lowest BCUT2D eigenvalue weighted by atomic mass is 9.89. The minimum absolute atomic E-state index is 0.0471. The SMILES string of the molecule is CC(N)C1(c2ccc(OCCO)cc2)CC1. The van der Waals surface area contributed by atoms with Crippen molar-refractivity contribution in [2.75, 3.05) is 13.2 Å². The summed E-state index contributed by atoms with van der Waals surface area (Å²) in [5.41, 5.74) is 7.53. The van der Waals surface area contributed by atoms with Gasteiger partial charge >= 0.3 is 0 Å². The van der Waals surface area contributed by atoms with E-state index in [-0.39, 0.29) is 18.1 Å². The number of ether oxygens (including phenoxy) is 1. The molecule has 1 aromatic rings. The number of rotatable bonds is 5. The summed E-state index contributed by atoms with van der Waals surface area (Å²) in [5.74, 6) is 0.804. The molecular weight excluding hydrogens is 202 g/mol. The molecule has 3 nitrogen and oxygen atoms in total. The van der Waals surface area contributed by atoms with Gasteiger partial charge in [-0.2, -0.15) is 0 Å². The van der Waals surface area contributed by atoms with Crippen LogP contribution < -0.4 is 10.5 Å². The maximum Gasteiger partial charge on any atom is 0.119 e. The van der Waals surface area contributed by atoms with Crippen LogP contribution in [0.4, 0.5) is 0 Å². The molecule has 0 aromatic heterocycles. The molecule has 16 heavy (non-hydrogen) atoms. The Kier molecular flexibility index (Phi) is 3.17. The Labute approximate surface area is 96.2 Å². The highest BCUT2D eigenvalue weighted by atomic mass is 16.5. The van der Waals surface area contributed by atoms with E-state index < -0.39 is 0 Å². The summed E-state index contributed by atoms with van der Waals surface area (Å²) in [7, 11) is 0. The molecule has 2 rings (SSSR count). The topological polar surface area (TPSA) is 55.5 Å². The summed E-state index contributed by atoms with van der Waals surface area (Å²) in [4.78, 5) is 0. The first-order valence-corrected chi connectivity index (χ1v) is 5.79.